The van der Waals surface area contributed by atoms with Crippen LogP contribution in [-0.2, 0) is 9.59 Å². The predicted octanol–water partition coefficient (Wildman–Crippen LogP) is 1.21. The van der Waals surface area contributed by atoms with E-state index in [4.69, 9.17) is 5.73 Å². The summed E-state index contributed by atoms with van der Waals surface area (Å²) < 4.78 is 0. The fourth-order valence-corrected chi connectivity index (χ4v) is 1.75. The van der Waals surface area contributed by atoms with Crippen molar-refractivity contribution in [3.63, 3.8) is 0 Å². The van der Waals surface area contributed by atoms with Gasteiger partial charge in [-0.1, -0.05) is 13.8 Å². The predicted molar refractivity (Wildman–Crippen MR) is 62.6 cm³/mol. The highest BCUT2D eigenvalue weighted by atomic mass is 16.2. The average Bonchev–Trinajstić information content (AvgIpc) is 2.46. The highest BCUT2D eigenvalue weighted by Crippen LogP contribution is 2.23. The quantitative estimate of drug-likeness (QED) is 0.730. The van der Waals surface area contributed by atoms with E-state index in [1.165, 1.54) is 4.90 Å². The smallest absolute Gasteiger partial charge is 0.256 e. The Morgan fingerprint density at radius 3 is 1.75 bits per heavy atom. The third-order valence-electron chi connectivity index (χ3n) is 3.58. The lowest BCUT2D eigenvalue weighted by Crippen LogP contribution is -2.51. The summed E-state index contributed by atoms with van der Waals surface area (Å²) in [5.41, 5.74) is 6.75. The Hall–Kier alpha value is -1.16. The second kappa shape index (κ2) is 4.37. The van der Waals surface area contributed by atoms with E-state index < -0.39 is 5.54 Å². The number of amides is 2. The van der Waals surface area contributed by atoms with Gasteiger partial charge >= 0.3 is 0 Å². The Kier molecular flexibility index (Phi) is 3.53. The third-order valence-corrected chi connectivity index (χ3v) is 3.58. The van der Waals surface area contributed by atoms with Gasteiger partial charge in [0.05, 0.1) is 0 Å². The van der Waals surface area contributed by atoms with Gasteiger partial charge < -0.3 is 5.73 Å². The molecule has 90 valence electrons. The van der Waals surface area contributed by atoms with Gasteiger partial charge in [0.15, 0.2) is 0 Å². The summed E-state index contributed by atoms with van der Waals surface area (Å²) in [5, 5.41) is 0. The number of nitrogens with zero attached hydrogens (tertiary/aromatic N) is 1. The number of rotatable bonds is 4. The molecule has 0 spiro atoms. The van der Waals surface area contributed by atoms with E-state index in [0.29, 0.717) is 17.7 Å². The van der Waals surface area contributed by atoms with E-state index >= 15 is 0 Å². The SMILES string of the molecule is CCC(N)(CC)CN1C(=O)C(C)=C(C)C1=O. The van der Waals surface area contributed by atoms with Crippen LogP contribution in [0.3, 0.4) is 0 Å². The van der Waals surface area contributed by atoms with E-state index in [-0.39, 0.29) is 11.8 Å². The molecule has 2 amide bonds. The van der Waals surface area contributed by atoms with Gasteiger partial charge in [-0.2, -0.15) is 0 Å². The van der Waals surface area contributed by atoms with Crippen LogP contribution in [-0.4, -0.2) is 28.8 Å². The van der Waals surface area contributed by atoms with Gasteiger partial charge in [-0.05, 0) is 26.7 Å². The molecule has 1 aliphatic heterocycles. The van der Waals surface area contributed by atoms with Crippen LogP contribution in [0.4, 0.5) is 0 Å². The highest BCUT2D eigenvalue weighted by Gasteiger charge is 2.37. The molecule has 16 heavy (non-hydrogen) atoms. The van der Waals surface area contributed by atoms with Crippen LogP contribution < -0.4 is 5.73 Å². The number of imide groups is 1. The first kappa shape index (κ1) is 12.9. The summed E-state index contributed by atoms with van der Waals surface area (Å²) in [7, 11) is 0. The van der Waals surface area contributed by atoms with Crippen molar-refractivity contribution in [2.45, 2.75) is 46.1 Å². The summed E-state index contributed by atoms with van der Waals surface area (Å²) in [6, 6.07) is 0. The zero-order valence-corrected chi connectivity index (χ0v) is 10.5. The van der Waals surface area contributed by atoms with E-state index in [1.807, 2.05) is 13.8 Å². The standard InChI is InChI=1S/C12H20N2O2/c1-5-12(13,6-2)7-14-10(15)8(3)9(4)11(14)16/h5-7,13H2,1-4H3. The van der Waals surface area contributed by atoms with Crippen molar-refractivity contribution < 1.29 is 9.59 Å². The molecule has 1 rings (SSSR count). The van der Waals surface area contributed by atoms with Crippen molar-refractivity contribution in [1.29, 1.82) is 0 Å². The lowest BCUT2D eigenvalue weighted by molar-refractivity contribution is -0.138. The minimum absolute atomic E-state index is 0.195. The summed E-state index contributed by atoms with van der Waals surface area (Å²) in [6.45, 7) is 7.63. The number of carbonyl (C=O) groups excluding carboxylic acids is 2. The summed E-state index contributed by atoms with van der Waals surface area (Å²) in [6.07, 6.45) is 1.50. The molecule has 0 saturated heterocycles. The molecular formula is C12H20N2O2. The van der Waals surface area contributed by atoms with Crippen LogP contribution in [0.25, 0.3) is 0 Å². The molecule has 0 aromatic rings. The van der Waals surface area contributed by atoms with Crippen molar-refractivity contribution >= 4 is 11.8 Å². The molecular weight excluding hydrogens is 204 g/mol. The lowest BCUT2D eigenvalue weighted by atomic mass is 9.93. The molecule has 0 saturated carbocycles. The minimum atomic E-state index is -0.462. The van der Waals surface area contributed by atoms with Gasteiger partial charge in [0.1, 0.15) is 0 Å². The number of nitrogens with two attached hydrogens (primary N) is 1. The van der Waals surface area contributed by atoms with Crippen molar-refractivity contribution in [1.82, 2.24) is 4.90 Å². The monoisotopic (exact) mass is 224 g/mol. The number of hydrogen-bond acceptors (Lipinski definition) is 3. The maximum absolute atomic E-state index is 11.8. The molecule has 1 aliphatic rings. The van der Waals surface area contributed by atoms with Crippen LogP contribution in [0.1, 0.15) is 40.5 Å². The van der Waals surface area contributed by atoms with Crippen LogP contribution >= 0.6 is 0 Å². The molecule has 1 heterocycles. The molecule has 0 fully saturated rings. The van der Waals surface area contributed by atoms with Gasteiger partial charge in [0.2, 0.25) is 0 Å². The summed E-state index contributed by atoms with van der Waals surface area (Å²) in [4.78, 5) is 24.9. The molecule has 0 aromatic heterocycles. The van der Waals surface area contributed by atoms with E-state index in [2.05, 4.69) is 0 Å². The van der Waals surface area contributed by atoms with E-state index in [9.17, 15) is 9.59 Å². The first-order chi connectivity index (χ1) is 7.36. The number of hydrogen-bond donors (Lipinski definition) is 1. The summed E-state index contributed by atoms with van der Waals surface area (Å²) in [5.74, 6) is -0.390. The van der Waals surface area contributed by atoms with Crippen LogP contribution in [0.15, 0.2) is 11.1 Å². The molecule has 2 N–H and O–H groups in total. The summed E-state index contributed by atoms with van der Waals surface area (Å²) >= 11 is 0. The second-order valence-corrected chi connectivity index (χ2v) is 4.52. The van der Waals surface area contributed by atoms with E-state index in [0.717, 1.165) is 12.8 Å². The number of carbonyl (C=O) groups is 2. The normalized spacial score (nSPS) is 17.7. The largest absolute Gasteiger partial charge is 0.324 e. The first-order valence-corrected chi connectivity index (χ1v) is 5.69. The minimum Gasteiger partial charge on any atom is -0.324 e. The molecule has 0 aliphatic carbocycles. The second-order valence-electron chi connectivity index (χ2n) is 4.52. The van der Waals surface area contributed by atoms with Gasteiger partial charge in [0, 0.05) is 23.2 Å². The highest BCUT2D eigenvalue weighted by molar-refractivity contribution is 6.18. The fraction of sp³-hybridized carbons (Fsp3) is 0.667. The van der Waals surface area contributed by atoms with Crippen molar-refractivity contribution in [3.05, 3.63) is 11.1 Å². The average molecular weight is 224 g/mol. The molecule has 0 unspecified atom stereocenters. The molecule has 0 bridgehead atoms. The first-order valence-electron chi connectivity index (χ1n) is 5.69. The van der Waals surface area contributed by atoms with Gasteiger partial charge in [-0.25, -0.2) is 0 Å². The van der Waals surface area contributed by atoms with Crippen LogP contribution in [0.2, 0.25) is 0 Å². The van der Waals surface area contributed by atoms with Crippen LogP contribution in [0, 0.1) is 0 Å². The van der Waals surface area contributed by atoms with Crippen molar-refractivity contribution in [2.24, 2.45) is 5.73 Å². The third kappa shape index (κ3) is 2.02. The van der Waals surface area contributed by atoms with Gasteiger partial charge in [-0.15, -0.1) is 0 Å². The Balaban J connectivity index is 2.87. The Labute approximate surface area is 96.5 Å². The Morgan fingerprint density at radius 1 is 1.06 bits per heavy atom. The van der Waals surface area contributed by atoms with Crippen LogP contribution in [0.5, 0.6) is 0 Å². The zero-order valence-electron chi connectivity index (χ0n) is 10.5. The van der Waals surface area contributed by atoms with Crippen molar-refractivity contribution in [2.75, 3.05) is 6.54 Å². The van der Waals surface area contributed by atoms with Gasteiger partial charge in [0.25, 0.3) is 11.8 Å². The fourth-order valence-electron chi connectivity index (χ4n) is 1.75. The Morgan fingerprint density at radius 2 is 1.44 bits per heavy atom. The topological polar surface area (TPSA) is 63.4 Å². The van der Waals surface area contributed by atoms with Gasteiger partial charge in [-0.3, -0.25) is 14.5 Å². The lowest BCUT2D eigenvalue weighted by Gasteiger charge is -2.31. The Bertz CT molecular complexity index is 330. The molecule has 0 atom stereocenters. The molecule has 0 radical (unpaired) electrons. The zero-order chi connectivity index (χ0) is 12.5. The maximum atomic E-state index is 11.8. The molecule has 4 heteroatoms. The maximum Gasteiger partial charge on any atom is 0.256 e. The molecule has 0 aromatic carbocycles. The van der Waals surface area contributed by atoms with Crippen molar-refractivity contribution in [3.8, 4) is 0 Å². The van der Waals surface area contributed by atoms with E-state index in [1.54, 1.807) is 13.8 Å². The molecule has 4 nitrogen and oxygen atoms in total.